The Bertz CT molecular complexity index is 1480. The van der Waals surface area contributed by atoms with Crippen LogP contribution in [-0.4, -0.2) is 25.7 Å². The van der Waals surface area contributed by atoms with E-state index in [9.17, 15) is 14.3 Å². The van der Waals surface area contributed by atoms with E-state index < -0.39 is 5.97 Å². The van der Waals surface area contributed by atoms with E-state index in [2.05, 4.69) is 16.4 Å². The molecule has 0 aliphatic carbocycles. The summed E-state index contributed by atoms with van der Waals surface area (Å²) in [5.41, 5.74) is 5.68. The molecule has 0 bridgehead atoms. The van der Waals surface area contributed by atoms with Gasteiger partial charge in [0.05, 0.1) is 29.0 Å². The molecular formula is C28H25FN4O2S. The van der Waals surface area contributed by atoms with Gasteiger partial charge >= 0.3 is 5.97 Å². The second-order valence-electron chi connectivity index (χ2n) is 8.91. The quantitative estimate of drug-likeness (QED) is 0.337. The van der Waals surface area contributed by atoms with Crippen molar-refractivity contribution in [3.05, 3.63) is 113 Å². The Morgan fingerprint density at radius 3 is 2.50 bits per heavy atom. The number of nitrogens with one attached hydrogen (secondary N) is 1. The van der Waals surface area contributed by atoms with Crippen molar-refractivity contribution in [1.82, 2.24) is 14.9 Å². The van der Waals surface area contributed by atoms with Crippen molar-refractivity contribution in [2.45, 2.75) is 32.9 Å². The standard InChI is InChI=1S/C28H25FN4O2S/c1-16-14-19(11-12-22(16)29)33-26(25(31-28(33)36)23-9-6-7-13-30-23)21-15-17(2)32(18(21)3)24-10-5-4-8-20(24)27(34)35/h4-15,25-26H,1-3H3,(H,31,36)(H,34,35)/t25-,26+/m0/s1. The zero-order valence-corrected chi connectivity index (χ0v) is 20.9. The van der Waals surface area contributed by atoms with Gasteiger partial charge in [0.1, 0.15) is 5.82 Å². The van der Waals surface area contributed by atoms with Crippen LogP contribution in [0.5, 0.6) is 0 Å². The van der Waals surface area contributed by atoms with Gasteiger partial charge in [0.2, 0.25) is 0 Å². The maximum Gasteiger partial charge on any atom is 0.337 e. The zero-order valence-electron chi connectivity index (χ0n) is 20.1. The van der Waals surface area contributed by atoms with Crippen molar-refractivity contribution in [3.63, 3.8) is 0 Å². The third-order valence-corrected chi connectivity index (χ3v) is 7.00. The predicted octanol–water partition coefficient (Wildman–Crippen LogP) is 5.81. The number of halogens is 1. The Balaban J connectivity index is 1.71. The second-order valence-corrected chi connectivity index (χ2v) is 9.30. The Morgan fingerprint density at radius 1 is 1.06 bits per heavy atom. The number of aromatic nitrogens is 2. The molecule has 0 radical (unpaired) electrons. The molecule has 8 heteroatoms. The lowest BCUT2D eigenvalue weighted by molar-refractivity contribution is 0.0697. The first-order valence-corrected chi connectivity index (χ1v) is 12.0. The smallest absolute Gasteiger partial charge is 0.337 e. The number of thiocarbonyl (C=S) groups is 1. The highest BCUT2D eigenvalue weighted by Crippen LogP contribution is 2.44. The largest absolute Gasteiger partial charge is 0.478 e. The van der Waals surface area contributed by atoms with Crippen LogP contribution in [-0.2, 0) is 0 Å². The van der Waals surface area contributed by atoms with Crippen LogP contribution >= 0.6 is 12.2 Å². The number of carboxylic acid groups (broad SMARTS) is 1. The van der Waals surface area contributed by atoms with E-state index in [0.29, 0.717) is 16.4 Å². The molecule has 0 saturated carbocycles. The first-order valence-electron chi connectivity index (χ1n) is 11.6. The molecule has 36 heavy (non-hydrogen) atoms. The molecule has 2 aromatic carbocycles. The highest BCUT2D eigenvalue weighted by Gasteiger charge is 2.42. The summed E-state index contributed by atoms with van der Waals surface area (Å²) < 4.78 is 16.1. The van der Waals surface area contributed by atoms with Crippen LogP contribution < -0.4 is 10.2 Å². The number of carbonyl (C=O) groups is 1. The molecule has 2 atom stereocenters. The lowest BCUT2D eigenvalue weighted by Gasteiger charge is -2.28. The van der Waals surface area contributed by atoms with Gasteiger partial charge in [0, 0.05) is 23.3 Å². The molecule has 1 aliphatic rings. The number of benzene rings is 2. The number of anilines is 1. The molecule has 182 valence electrons. The maximum absolute atomic E-state index is 14.1. The van der Waals surface area contributed by atoms with Crippen molar-refractivity contribution < 1.29 is 14.3 Å². The SMILES string of the molecule is Cc1cc(N2C(=S)N[C@@H](c3ccccn3)[C@H]2c2cc(C)n(-c3ccccc3C(=O)O)c2C)ccc1F. The fraction of sp³-hybridized carbons (Fsp3) is 0.179. The molecular weight excluding hydrogens is 475 g/mol. The molecule has 3 heterocycles. The average molecular weight is 501 g/mol. The topological polar surface area (TPSA) is 70.4 Å². The molecule has 4 aromatic rings. The minimum absolute atomic E-state index is 0.221. The van der Waals surface area contributed by atoms with Crippen LogP contribution in [0.15, 0.2) is 72.9 Å². The summed E-state index contributed by atoms with van der Waals surface area (Å²) in [5, 5.41) is 13.7. The third kappa shape index (κ3) is 3.93. The summed E-state index contributed by atoms with van der Waals surface area (Å²) in [6.07, 6.45) is 1.74. The number of rotatable bonds is 5. The zero-order chi connectivity index (χ0) is 25.6. The predicted molar refractivity (Wildman–Crippen MR) is 141 cm³/mol. The number of para-hydroxylation sites is 1. The van der Waals surface area contributed by atoms with Gasteiger partial charge in [-0.25, -0.2) is 9.18 Å². The van der Waals surface area contributed by atoms with Gasteiger partial charge in [-0.1, -0.05) is 18.2 Å². The molecule has 1 fully saturated rings. The summed E-state index contributed by atoms with van der Waals surface area (Å²) in [5.74, 6) is -1.27. The molecule has 0 amide bonds. The average Bonchev–Trinajstić information content (AvgIpc) is 3.36. The highest BCUT2D eigenvalue weighted by molar-refractivity contribution is 7.80. The molecule has 6 nitrogen and oxygen atoms in total. The van der Waals surface area contributed by atoms with Gasteiger partial charge in [-0.3, -0.25) is 4.98 Å². The van der Waals surface area contributed by atoms with E-state index in [-0.39, 0.29) is 23.5 Å². The van der Waals surface area contributed by atoms with E-state index in [1.807, 2.05) is 53.6 Å². The summed E-state index contributed by atoms with van der Waals surface area (Å²) in [6, 6.07) is 19.2. The minimum Gasteiger partial charge on any atom is -0.478 e. The number of carboxylic acids is 1. The summed E-state index contributed by atoms with van der Waals surface area (Å²) in [6.45, 7) is 5.66. The first-order chi connectivity index (χ1) is 17.3. The van der Waals surface area contributed by atoms with E-state index >= 15 is 0 Å². The number of nitrogens with zero attached hydrogens (tertiary/aromatic N) is 3. The Hall–Kier alpha value is -4.04. The van der Waals surface area contributed by atoms with Crippen LogP contribution in [0, 0.1) is 26.6 Å². The van der Waals surface area contributed by atoms with Gasteiger partial charge in [-0.05, 0) is 92.6 Å². The van der Waals surface area contributed by atoms with Crippen molar-refractivity contribution in [2.24, 2.45) is 0 Å². The molecule has 1 saturated heterocycles. The van der Waals surface area contributed by atoms with Crippen LogP contribution in [0.4, 0.5) is 10.1 Å². The van der Waals surface area contributed by atoms with E-state index in [1.165, 1.54) is 6.07 Å². The van der Waals surface area contributed by atoms with Crippen LogP contribution in [0.2, 0.25) is 0 Å². The lowest BCUT2D eigenvalue weighted by Crippen LogP contribution is -2.29. The van der Waals surface area contributed by atoms with Gasteiger partial charge in [0.25, 0.3) is 0 Å². The third-order valence-electron chi connectivity index (χ3n) is 6.68. The summed E-state index contributed by atoms with van der Waals surface area (Å²) >= 11 is 5.79. The lowest BCUT2D eigenvalue weighted by atomic mass is 9.96. The fourth-order valence-electron chi connectivity index (χ4n) is 5.03. The summed E-state index contributed by atoms with van der Waals surface area (Å²) in [4.78, 5) is 18.6. The molecule has 1 aliphatic heterocycles. The Morgan fingerprint density at radius 2 is 1.81 bits per heavy atom. The number of pyridine rings is 1. The van der Waals surface area contributed by atoms with E-state index in [4.69, 9.17) is 12.2 Å². The van der Waals surface area contributed by atoms with Crippen molar-refractivity contribution in [1.29, 1.82) is 0 Å². The molecule has 0 spiro atoms. The molecule has 0 unspecified atom stereocenters. The van der Waals surface area contributed by atoms with Crippen molar-refractivity contribution in [3.8, 4) is 5.69 Å². The fourth-order valence-corrected chi connectivity index (χ4v) is 5.38. The van der Waals surface area contributed by atoms with Gasteiger partial charge in [-0.15, -0.1) is 0 Å². The number of aromatic carboxylic acids is 1. The first kappa shape index (κ1) is 23.7. The number of hydrogen-bond acceptors (Lipinski definition) is 3. The summed E-state index contributed by atoms with van der Waals surface area (Å²) in [7, 11) is 0. The molecule has 2 aromatic heterocycles. The number of aryl methyl sites for hydroxylation is 2. The monoisotopic (exact) mass is 500 g/mol. The highest BCUT2D eigenvalue weighted by atomic mass is 32.1. The Kier molecular flexibility index (Phi) is 6.05. The van der Waals surface area contributed by atoms with Gasteiger partial charge in [0.15, 0.2) is 5.11 Å². The van der Waals surface area contributed by atoms with E-state index in [1.54, 1.807) is 37.4 Å². The Labute approximate surface area is 214 Å². The normalized spacial score (nSPS) is 17.3. The minimum atomic E-state index is -0.988. The van der Waals surface area contributed by atoms with Crippen molar-refractivity contribution in [2.75, 3.05) is 4.90 Å². The van der Waals surface area contributed by atoms with Gasteiger partial charge in [-0.2, -0.15) is 0 Å². The van der Waals surface area contributed by atoms with Gasteiger partial charge < -0.3 is 19.9 Å². The van der Waals surface area contributed by atoms with Crippen LogP contribution in [0.1, 0.15) is 50.7 Å². The maximum atomic E-state index is 14.1. The van der Waals surface area contributed by atoms with Crippen molar-refractivity contribution >= 4 is 29.0 Å². The van der Waals surface area contributed by atoms with E-state index in [0.717, 1.165) is 28.3 Å². The van der Waals surface area contributed by atoms with Crippen LogP contribution in [0.3, 0.4) is 0 Å². The molecule has 5 rings (SSSR count). The number of hydrogen-bond donors (Lipinski definition) is 2. The van der Waals surface area contributed by atoms with Crippen LogP contribution in [0.25, 0.3) is 5.69 Å². The molecule has 2 N–H and O–H groups in total. The second kappa shape index (κ2) is 9.20.